The van der Waals surface area contributed by atoms with Crippen LogP contribution in [0.4, 0.5) is 5.13 Å². The number of aryl methyl sites for hydroxylation is 1. The maximum Gasteiger partial charge on any atom is 0.185 e. The Morgan fingerprint density at radius 1 is 1.21 bits per heavy atom. The van der Waals surface area contributed by atoms with E-state index in [1.807, 2.05) is 43.5 Å². The van der Waals surface area contributed by atoms with Crippen LogP contribution in [0.2, 0.25) is 0 Å². The summed E-state index contributed by atoms with van der Waals surface area (Å²) in [5.74, 6) is 2.72. The molecule has 1 saturated heterocycles. The van der Waals surface area contributed by atoms with Crippen molar-refractivity contribution in [2.75, 3.05) is 25.1 Å². The average Bonchev–Trinajstić information content (AvgIpc) is 3.61. The standard InChI is InChI=1S/C25H25N5O3S/c1-15-6-7-29(11-15)25-26-17(14-34-25)13-32-21-8-18(31-3)9-22-19(21)10-23(33-22)20-12-30-24(27-20)5-4-16(2)28-30/h4-5,8-10,12,14-15H,6-7,11,13H2,1-3H3/t15-/m1/s1. The molecule has 1 aliphatic heterocycles. The maximum atomic E-state index is 6.22. The van der Waals surface area contributed by atoms with Crippen molar-refractivity contribution >= 4 is 33.1 Å². The molecule has 0 N–H and O–H groups in total. The Balaban J connectivity index is 1.29. The van der Waals surface area contributed by atoms with E-state index in [-0.39, 0.29) is 0 Å². The second kappa shape index (κ2) is 8.32. The Morgan fingerprint density at radius 2 is 2.12 bits per heavy atom. The topological polar surface area (TPSA) is 77.9 Å². The number of hydrogen-bond acceptors (Lipinski definition) is 8. The van der Waals surface area contributed by atoms with Crippen LogP contribution in [0.25, 0.3) is 28.1 Å². The number of aromatic nitrogens is 4. The van der Waals surface area contributed by atoms with Gasteiger partial charge in [-0.1, -0.05) is 6.92 Å². The van der Waals surface area contributed by atoms with Gasteiger partial charge in [-0.3, -0.25) is 0 Å². The lowest BCUT2D eigenvalue weighted by molar-refractivity contribution is 0.303. The largest absolute Gasteiger partial charge is 0.496 e. The molecule has 4 aromatic heterocycles. The number of ether oxygens (including phenoxy) is 2. The lowest BCUT2D eigenvalue weighted by Crippen LogP contribution is -2.18. The molecule has 5 heterocycles. The summed E-state index contributed by atoms with van der Waals surface area (Å²) < 4.78 is 19.6. The summed E-state index contributed by atoms with van der Waals surface area (Å²) in [6, 6.07) is 9.58. The third kappa shape index (κ3) is 3.86. The summed E-state index contributed by atoms with van der Waals surface area (Å²) in [4.78, 5) is 11.8. The van der Waals surface area contributed by atoms with Crippen molar-refractivity contribution in [2.45, 2.75) is 26.9 Å². The molecule has 0 bridgehead atoms. The molecule has 0 amide bonds. The first-order chi connectivity index (χ1) is 16.6. The second-order valence-electron chi connectivity index (χ2n) is 8.80. The molecule has 6 rings (SSSR count). The zero-order chi connectivity index (χ0) is 23.2. The predicted molar refractivity (Wildman–Crippen MR) is 132 cm³/mol. The van der Waals surface area contributed by atoms with Gasteiger partial charge in [-0.15, -0.1) is 11.3 Å². The summed E-state index contributed by atoms with van der Waals surface area (Å²) in [6.07, 6.45) is 3.09. The van der Waals surface area contributed by atoms with Gasteiger partial charge >= 0.3 is 0 Å². The van der Waals surface area contributed by atoms with E-state index in [1.54, 1.807) is 23.0 Å². The molecular formula is C25H25N5O3S. The highest BCUT2D eigenvalue weighted by molar-refractivity contribution is 7.13. The summed E-state index contributed by atoms with van der Waals surface area (Å²) in [6.45, 7) is 6.75. The zero-order valence-corrected chi connectivity index (χ0v) is 20.1. The lowest BCUT2D eigenvalue weighted by Gasteiger charge is -2.13. The number of thiazole rings is 1. The first kappa shape index (κ1) is 21.0. The number of benzene rings is 1. The van der Waals surface area contributed by atoms with Crippen molar-refractivity contribution < 1.29 is 13.9 Å². The first-order valence-electron chi connectivity index (χ1n) is 11.3. The highest BCUT2D eigenvalue weighted by Crippen LogP contribution is 2.37. The molecule has 0 unspecified atom stereocenters. The monoisotopic (exact) mass is 475 g/mol. The molecule has 0 spiro atoms. The fourth-order valence-corrected chi connectivity index (χ4v) is 5.16. The zero-order valence-electron chi connectivity index (χ0n) is 19.3. The predicted octanol–water partition coefficient (Wildman–Crippen LogP) is 5.34. The van der Waals surface area contributed by atoms with Crippen LogP contribution in [0.3, 0.4) is 0 Å². The third-order valence-electron chi connectivity index (χ3n) is 6.12. The van der Waals surface area contributed by atoms with E-state index in [9.17, 15) is 0 Å². The molecule has 0 aliphatic carbocycles. The van der Waals surface area contributed by atoms with Gasteiger partial charge in [0.2, 0.25) is 0 Å². The quantitative estimate of drug-likeness (QED) is 0.328. The number of imidazole rings is 1. The fraction of sp³-hybridized carbons (Fsp3) is 0.320. The van der Waals surface area contributed by atoms with Crippen molar-refractivity contribution in [3.05, 3.63) is 53.3 Å². The first-order valence-corrected chi connectivity index (χ1v) is 12.2. The van der Waals surface area contributed by atoms with Gasteiger partial charge in [-0.2, -0.15) is 5.10 Å². The Labute approximate surface area is 200 Å². The van der Waals surface area contributed by atoms with Crippen LogP contribution in [0.5, 0.6) is 11.5 Å². The van der Waals surface area contributed by atoms with Crippen LogP contribution in [-0.2, 0) is 6.61 Å². The Morgan fingerprint density at radius 3 is 2.94 bits per heavy atom. The van der Waals surface area contributed by atoms with Crippen molar-refractivity contribution in [3.8, 4) is 23.0 Å². The normalized spacial score (nSPS) is 16.1. The Hall–Kier alpha value is -3.59. The number of anilines is 1. The molecule has 5 aromatic rings. The van der Waals surface area contributed by atoms with Gasteiger partial charge in [-0.25, -0.2) is 14.5 Å². The molecule has 1 atom stereocenters. The highest BCUT2D eigenvalue weighted by Gasteiger charge is 2.21. The third-order valence-corrected chi connectivity index (χ3v) is 7.07. The number of furan rings is 1. The molecular weight excluding hydrogens is 450 g/mol. The van der Waals surface area contributed by atoms with E-state index in [4.69, 9.17) is 18.9 Å². The summed E-state index contributed by atoms with van der Waals surface area (Å²) in [5.41, 5.74) is 3.99. The molecule has 1 fully saturated rings. The Bertz CT molecular complexity index is 1490. The molecule has 34 heavy (non-hydrogen) atoms. The van der Waals surface area contributed by atoms with Crippen molar-refractivity contribution in [1.82, 2.24) is 19.6 Å². The van der Waals surface area contributed by atoms with Crippen molar-refractivity contribution in [1.29, 1.82) is 0 Å². The molecule has 174 valence electrons. The van der Waals surface area contributed by atoms with Gasteiger partial charge in [0.05, 0.1) is 30.1 Å². The summed E-state index contributed by atoms with van der Waals surface area (Å²) in [7, 11) is 1.63. The Kier molecular flexibility index (Phi) is 5.13. The highest BCUT2D eigenvalue weighted by atomic mass is 32.1. The lowest BCUT2D eigenvalue weighted by atomic mass is 10.2. The van der Waals surface area contributed by atoms with E-state index in [2.05, 4.69) is 27.3 Å². The summed E-state index contributed by atoms with van der Waals surface area (Å²) >= 11 is 1.67. The van der Waals surface area contributed by atoms with E-state index in [0.717, 1.165) is 46.6 Å². The molecule has 8 nitrogen and oxygen atoms in total. The van der Waals surface area contributed by atoms with Gasteiger partial charge in [0.1, 0.15) is 29.4 Å². The summed E-state index contributed by atoms with van der Waals surface area (Å²) in [5, 5.41) is 8.48. The van der Waals surface area contributed by atoms with Crippen LogP contribution in [0.15, 0.2) is 46.3 Å². The van der Waals surface area contributed by atoms with Crippen LogP contribution < -0.4 is 14.4 Å². The smallest absolute Gasteiger partial charge is 0.185 e. The number of methoxy groups -OCH3 is 1. The van der Waals surface area contributed by atoms with Gasteiger partial charge < -0.3 is 18.8 Å². The maximum absolute atomic E-state index is 6.22. The van der Waals surface area contributed by atoms with Gasteiger partial charge in [-0.05, 0) is 37.5 Å². The van der Waals surface area contributed by atoms with Crippen LogP contribution in [-0.4, -0.2) is 39.8 Å². The fourth-order valence-electron chi connectivity index (χ4n) is 4.31. The molecule has 0 saturated carbocycles. The number of fused-ring (bicyclic) bond motifs is 2. The number of hydrogen-bond donors (Lipinski definition) is 0. The minimum Gasteiger partial charge on any atom is -0.496 e. The van der Waals surface area contributed by atoms with Crippen molar-refractivity contribution in [2.24, 2.45) is 5.92 Å². The van der Waals surface area contributed by atoms with Crippen LogP contribution in [0, 0.1) is 12.8 Å². The molecule has 0 radical (unpaired) electrons. The molecule has 1 aromatic carbocycles. The SMILES string of the molecule is COc1cc(OCc2csc(N3CC[C@@H](C)C3)n2)c2cc(-c3cn4nc(C)ccc4n3)oc2c1. The van der Waals surface area contributed by atoms with Crippen molar-refractivity contribution in [3.63, 3.8) is 0 Å². The van der Waals surface area contributed by atoms with E-state index in [0.29, 0.717) is 35.1 Å². The van der Waals surface area contributed by atoms with E-state index >= 15 is 0 Å². The average molecular weight is 476 g/mol. The minimum atomic E-state index is 0.375. The number of rotatable bonds is 6. The number of nitrogens with zero attached hydrogens (tertiary/aromatic N) is 5. The van der Waals surface area contributed by atoms with Gasteiger partial charge in [0.25, 0.3) is 0 Å². The molecule has 9 heteroatoms. The van der Waals surface area contributed by atoms with E-state index in [1.165, 1.54) is 6.42 Å². The second-order valence-corrected chi connectivity index (χ2v) is 9.64. The molecule has 1 aliphatic rings. The van der Waals surface area contributed by atoms with Gasteiger partial charge in [0.15, 0.2) is 16.5 Å². The van der Waals surface area contributed by atoms with Crippen LogP contribution >= 0.6 is 11.3 Å². The van der Waals surface area contributed by atoms with E-state index < -0.39 is 0 Å². The van der Waals surface area contributed by atoms with Gasteiger partial charge in [0, 0.05) is 30.6 Å². The van der Waals surface area contributed by atoms with Crippen LogP contribution in [0.1, 0.15) is 24.7 Å². The minimum absolute atomic E-state index is 0.375.